The van der Waals surface area contributed by atoms with Gasteiger partial charge < -0.3 is 15.4 Å². The molecule has 4 nitrogen and oxygen atoms in total. The Morgan fingerprint density at radius 1 is 1.44 bits per heavy atom. The van der Waals surface area contributed by atoms with E-state index in [0.29, 0.717) is 17.6 Å². The number of amides is 1. The molecule has 1 aromatic carbocycles. The normalized spacial score (nSPS) is 10.2. The third kappa shape index (κ3) is 5.46. The molecule has 0 atom stereocenters. The lowest BCUT2D eigenvalue weighted by molar-refractivity contribution is -0.123. The second-order valence-electron chi connectivity index (χ2n) is 3.57. The molecule has 0 aromatic heterocycles. The van der Waals surface area contributed by atoms with Crippen molar-refractivity contribution in [3.05, 3.63) is 28.5 Å². The molecule has 0 unspecified atom stereocenters. The highest BCUT2D eigenvalue weighted by Gasteiger charge is 2.06. The average molecular weight is 319 g/mol. The lowest BCUT2D eigenvalue weighted by Crippen LogP contribution is -2.34. The SMILES string of the molecule is CCNCCNC(=O)COc1ccc(Br)cc1F. The highest BCUT2D eigenvalue weighted by molar-refractivity contribution is 9.10. The summed E-state index contributed by atoms with van der Waals surface area (Å²) in [4.78, 5) is 11.4. The van der Waals surface area contributed by atoms with Crippen LogP contribution in [-0.4, -0.2) is 32.1 Å². The summed E-state index contributed by atoms with van der Waals surface area (Å²) in [5.74, 6) is -0.694. The lowest BCUT2D eigenvalue weighted by Gasteiger charge is -2.08. The van der Waals surface area contributed by atoms with Gasteiger partial charge in [0.25, 0.3) is 5.91 Å². The minimum atomic E-state index is -0.496. The maximum absolute atomic E-state index is 13.4. The van der Waals surface area contributed by atoms with E-state index in [9.17, 15) is 9.18 Å². The maximum atomic E-state index is 13.4. The van der Waals surface area contributed by atoms with Crippen LogP contribution in [0.1, 0.15) is 6.92 Å². The van der Waals surface area contributed by atoms with Gasteiger partial charge in [0.15, 0.2) is 18.2 Å². The predicted octanol–water partition coefficient (Wildman–Crippen LogP) is 1.69. The number of benzene rings is 1. The highest BCUT2D eigenvalue weighted by Crippen LogP contribution is 2.21. The zero-order chi connectivity index (χ0) is 13.4. The van der Waals surface area contributed by atoms with Crippen LogP contribution in [0.3, 0.4) is 0 Å². The van der Waals surface area contributed by atoms with Gasteiger partial charge >= 0.3 is 0 Å². The number of hydrogen-bond donors (Lipinski definition) is 2. The van der Waals surface area contributed by atoms with Crippen LogP contribution in [0.5, 0.6) is 5.75 Å². The Hall–Kier alpha value is -1.14. The molecule has 0 spiro atoms. The van der Waals surface area contributed by atoms with E-state index >= 15 is 0 Å². The first-order valence-electron chi connectivity index (χ1n) is 5.68. The Morgan fingerprint density at radius 2 is 2.22 bits per heavy atom. The Labute approximate surface area is 114 Å². The van der Waals surface area contributed by atoms with E-state index in [2.05, 4.69) is 26.6 Å². The van der Waals surface area contributed by atoms with Gasteiger partial charge in [0.2, 0.25) is 0 Å². The Morgan fingerprint density at radius 3 is 2.89 bits per heavy atom. The molecule has 0 aliphatic heterocycles. The number of ether oxygens (including phenoxy) is 1. The van der Waals surface area contributed by atoms with Gasteiger partial charge in [-0.1, -0.05) is 22.9 Å². The fourth-order valence-electron chi connectivity index (χ4n) is 1.25. The van der Waals surface area contributed by atoms with Crippen molar-refractivity contribution in [2.45, 2.75) is 6.92 Å². The first kappa shape index (κ1) is 14.9. The molecule has 0 radical (unpaired) electrons. The summed E-state index contributed by atoms with van der Waals surface area (Å²) in [6.45, 7) is 3.89. The van der Waals surface area contributed by atoms with Crippen LogP contribution in [0.4, 0.5) is 4.39 Å². The molecule has 0 bridgehead atoms. The number of nitrogens with one attached hydrogen (secondary N) is 2. The van der Waals surface area contributed by atoms with Crippen molar-refractivity contribution in [2.75, 3.05) is 26.2 Å². The Bertz CT molecular complexity index is 402. The summed E-state index contributed by atoms with van der Waals surface area (Å²) in [5, 5.41) is 5.73. The standard InChI is InChI=1S/C12H16BrFN2O2/c1-2-15-5-6-16-12(17)8-18-11-4-3-9(13)7-10(11)14/h3-4,7,15H,2,5-6,8H2,1H3,(H,16,17). The van der Waals surface area contributed by atoms with Gasteiger partial charge in [-0.2, -0.15) is 0 Å². The van der Waals surface area contributed by atoms with E-state index in [0.717, 1.165) is 6.54 Å². The Kier molecular flexibility index (Phi) is 6.67. The zero-order valence-corrected chi connectivity index (χ0v) is 11.7. The summed E-state index contributed by atoms with van der Waals surface area (Å²) in [6, 6.07) is 4.42. The zero-order valence-electron chi connectivity index (χ0n) is 10.1. The van der Waals surface area contributed by atoms with Crippen LogP contribution in [0.15, 0.2) is 22.7 Å². The van der Waals surface area contributed by atoms with Crippen molar-refractivity contribution in [1.82, 2.24) is 10.6 Å². The van der Waals surface area contributed by atoms with Crippen molar-refractivity contribution in [2.24, 2.45) is 0 Å². The molecule has 0 aliphatic carbocycles. The molecule has 1 rings (SSSR count). The number of hydrogen-bond acceptors (Lipinski definition) is 3. The van der Waals surface area contributed by atoms with E-state index in [1.54, 1.807) is 6.07 Å². The monoisotopic (exact) mass is 318 g/mol. The Balaban J connectivity index is 2.29. The molecule has 2 N–H and O–H groups in total. The fraction of sp³-hybridized carbons (Fsp3) is 0.417. The van der Waals surface area contributed by atoms with Crippen LogP contribution in [0.2, 0.25) is 0 Å². The van der Waals surface area contributed by atoms with E-state index in [4.69, 9.17) is 4.74 Å². The molecule has 0 aliphatic rings. The molecule has 0 heterocycles. The van der Waals surface area contributed by atoms with Gasteiger partial charge in [-0.05, 0) is 24.7 Å². The van der Waals surface area contributed by atoms with Crippen LogP contribution >= 0.6 is 15.9 Å². The highest BCUT2D eigenvalue weighted by atomic mass is 79.9. The van der Waals surface area contributed by atoms with Crippen LogP contribution in [-0.2, 0) is 4.79 Å². The molecule has 18 heavy (non-hydrogen) atoms. The number of carbonyl (C=O) groups is 1. The summed E-state index contributed by atoms with van der Waals surface area (Å²) >= 11 is 3.14. The second kappa shape index (κ2) is 8.05. The lowest BCUT2D eigenvalue weighted by atomic mass is 10.3. The quantitative estimate of drug-likeness (QED) is 0.752. The minimum absolute atomic E-state index is 0.0695. The third-order valence-electron chi connectivity index (χ3n) is 2.13. The van der Waals surface area contributed by atoms with Crippen LogP contribution in [0.25, 0.3) is 0 Å². The number of likely N-dealkylation sites (N-methyl/N-ethyl adjacent to an activating group) is 1. The molecular formula is C12H16BrFN2O2. The average Bonchev–Trinajstić information content (AvgIpc) is 2.33. The van der Waals surface area contributed by atoms with Gasteiger partial charge in [-0.25, -0.2) is 4.39 Å². The molecule has 6 heteroatoms. The van der Waals surface area contributed by atoms with Gasteiger partial charge in [-0.3, -0.25) is 4.79 Å². The summed E-state index contributed by atoms with van der Waals surface area (Å²) in [5.41, 5.74) is 0. The van der Waals surface area contributed by atoms with E-state index < -0.39 is 5.82 Å². The van der Waals surface area contributed by atoms with Crippen LogP contribution < -0.4 is 15.4 Å². The first-order chi connectivity index (χ1) is 8.63. The van der Waals surface area contributed by atoms with Gasteiger partial charge in [0.1, 0.15) is 0 Å². The third-order valence-corrected chi connectivity index (χ3v) is 2.62. The maximum Gasteiger partial charge on any atom is 0.257 e. The topological polar surface area (TPSA) is 50.4 Å². The van der Waals surface area contributed by atoms with Crippen LogP contribution in [0, 0.1) is 5.82 Å². The van der Waals surface area contributed by atoms with Crippen molar-refractivity contribution in [3.8, 4) is 5.75 Å². The predicted molar refractivity (Wildman–Crippen MR) is 71.1 cm³/mol. The van der Waals surface area contributed by atoms with E-state index in [1.807, 2.05) is 6.92 Å². The molecular weight excluding hydrogens is 303 g/mol. The molecule has 0 fully saturated rings. The number of rotatable bonds is 7. The molecule has 100 valence electrons. The largest absolute Gasteiger partial charge is 0.481 e. The van der Waals surface area contributed by atoms with E-state index in [1.165, 1.54) is 12.1 Å². The molecule has 1 aromatic rings. The van der Waals surface area contributed by atoms with Crippen molar-refractivity contribution < 1.29 is 13.9 Å². The second-order valence-corrected chi connectivity index (χ2v) is 4.48. The summed E-state index contributed by atoms with van der Waals surface area (Å²) < 4.78 is 19.1. The minimum Gasteiger partial charge on any atom is -0.481 e. The van der Waals surface area contributed by atoms with Crippen molar-refractivity contribution >= 4 is 21.8 Å². The molecule has 1 amide bonds. The number of halogens is 2. The summed E-state index contributed by atoms with van der Waals surface area (Å²) in [6.07, 6.45) is 0. The van der Waals surface area contributed by atoms with Gasteiger partial charge in [-0.15, -0.1) is 0 Å². The van der Waals surface area contributed by atoms with Gasteiger partial charge in [0.05, 0.1) is 0 Å². The number of carbonyl (C=O) groups excluding carboxylic acids is 1. The van der Waals surface area contributed by atoms with E-state index in [-0.39, 0.29) is 18.3 Å². The smallest absolute Gasteiger partial charge is 0.257 e. The molecule has 0 saturated carbocycles. The fourth-order valence-corrected chi connectivity index (χ4v) is 1.59. The van der Waals surface area contributed by atoms with Crippen molar-refractivity contribution in [1.29, 1.82) is 0 Å². The molecule has 0 saturated heterocycles. The van der Waals surface area contributed by atoms with Crippen molar-refractivity contribution in [3.63, 3.8) is 0 Å². The summed E-state index contributed by atoms with van der Waals surface area (Å²) in [7, 11) is 0. The first-order valence-corrected chi connectivity index (χ1v) is 6.48. The van der Waals surface area contributed by atoms with Gasteiger partial charge in [0, 0.05) is 17.6 Å².